The van der Waals surface area contributed by atoms with Crippen LogP contribution in [0, 0.1) is 20.2 Å². The zero-order valence-electron chi connectivity index (χ0n) is 16.0. The van der Waals surface area contributed by atoms with Gasteiger partial charge in [-0.05, 0) is 18.2 Å². The van der Waals surface area contributed by atoms with E-state index in [1.807, 2.05) is 0 Å². The number of nitrogens with zero attached hydrogens (tertiary/aromatic N) is 4. The van der Waals surface area contributed by atoms with E-state index in [1.165, 1.54) is 40.9 Å². The second-order valence-corrected chi connectivity index (χ2v) is 8.21. The van der Waals surface area contributed by atoms with Crippen molar-refractivity contribution in [3.05, 3.63) is 67.2 Å². The molecule has 2 rings (SSSR count). The third-order valence-electron chi connectivity index (χ3n) is 4.07. The molecule has 0 aliphatic rings. The van der Waals surface area contributed by atoms with Gasteiger partial charge in [-0.2, -0.15) is 9.41 Å². The molecule has 0 spiro atoms. The van der Waals surface area contributed by atoms with Gasteiger partial charge in [0.05, 0.1) is 21.0 Å². The summed E-state index contributed by atoms with van der Waals surface area (Å²) in [7, 11) is -3.87. The molecule has 0 unspecified atom stereocenters. The van der Waals surface area contributed by atoms with E-state index in [-0.39, 0.29) is 34.4 Å². The van der Waals surface area contributed by atoms with E-state index in [4.69, 9.17) is 11.6 Å². The SMILES string of the molecule is CCN(CC)S(=O)(=O)c1ccc(N/N=C\c2ccc(Cl)c([N+](=O)[O-])c2)c([N+](=O)[O-])c1. The average molecular weight is 456 g/mol. The summed E-state index contributed by atoms with van der Waals surface area (Å²) in [6.07, 6.45) is 1.22. The summed E-state index contributed by atoms with van der Waals surface area (Å²) in [5.41, 5.74) is 1.96. The predicted octanol–water partition coefficient (Wildman–Crippen LogP) is 3.63. The topological polar surface area (TPSA) is 148 Å². The monoisotopic (exact) mass is 455 g/mol. The minimum Gasteiger partial charge on any atom is -0.272 e. The maximum atomic E-state index is 12.6. The number of nitrogens with one attached hydrogen (secondary N) is 1. The van der Waals surface area contributed by atoms with Gasteiger partial charge in [0, 0.05) is 30.8 Å². The number of sulfonamides is 1. The molecule has 30 heavy (non-hydrogen) atoms. The van der Waals surface area contributed by atoms with Gasteiger partial charge in [-0.15, -0.1) is 0 Å². The van der Waals surface area contributed by atoms with Crippen LogP contribution in [-0.2, 0) is 10.0 Å². The Bertz CT molecular complexity index is 1100. The number of anilines is 1. The molecule has 0 atom stereocenters. The van der Waals surface area contributed by atoms with Crippen molar-refractivity contribution < 1.29 is 18.3 Å². The molecule has 13 heteroatoms. The van der Waals surface area contributed by atoms with Crippen LogP contribution >= 0.6 is 11.6 Å². The molecule has 2 aromatic carbocycles. The molecule has 0 fully saturated rings. The van der Waals surface area contributed by atoms with E-state index in [9.17, 15) is 28.6 Å². The van der Waals surface area contributed by atoms with Gasteiger partial charge in [-0.3, -0.25) is 25.7 Å². The van der Waals surface area contributed by atoms with E-state index >= 15 is 0 Å². The third-order valence-corrected chi connectivity index (χ3v) is 6.44. The number of hydrogen-bond donors (Lipinski definition) is 1. The lowest BCUT2D eigenvalue weighted by molar-refractivity contribution is -0.384. The Balaban J connectivity index is 2.33. The minimum absolute atomic E-state index is 0.0363. The van der Waals surface area contributed by atoms with Crippen LogP contribution < -0.4 is 5.43 Å². The molecule has 1 N–H and O–H groups in total. The van der Waals surface area contributed by atoms with Gasteiger partial charge in [0.25, 0.3) is 11.4 Å². The molecular formula is C17H18ClN5O6S. The maximum absolute atomic E-state index is 12.6. The fourth-order valence-electron chi connectivity index (χ4n) is 2.56. The molecule has 0 amide bonds. The Kier molecular flexibility index (Phi) is 7.43. The van der Waals surface area contributed by atoms with E-state index in [2.05, 4.69) is 10.5 Å². The standard InChI is InChI=1S/C17H18ClN5O6S/c1-3-21(4-2)30(28,29)13-6-8-15(17(10-13)23(26)27)20-19-11-12-5-7-14(18)16(9-12)22(24)25/h5-11,20H,3-4H2,1-2H3/b19-11-. The highest BCUT2D eigenvalue weighted by molar-refractivity contribution is 7.89. The first-order chi connectivity index (χ1) is 14.1. The fourth-order valence-corrected chi connectivity index (χ4v) is 4.22. The Morgan fingerprint density at radius 2 is 1.70 bits per heavy atom. The van der Waals surface area contributed by atoms with Gasteiger partial charge >= 0.3 is 0 Å². The molecule has 0 heterocycles. The van der Waals surface area contributed by atoms with Crippen molar-refractivity contribution in [3.8, 4) is 0 Å². The van der Waals surface area contributed by atoms with Gasteiger partial charge in [-0.25, -0.2) is 8.42 Å². The van der Waals surface area contributed by atoms with Crippen LogP contribution in [0.1, 0.15) is 19.4 Å². The summed E-state index contributed by atoms with van der Waals surface area (Å²) < 4.78 is 26.3. The number of nitro groups is 2. The normalized spacial score (nSPS) is 11.7. The summed E-state index contributed by atoms with van der Waals surface area (Å²) in [5.74, 6) is 0. The highest BCUT2D eigenvalue weighted by Crippen LogP contribution is 2.29. The summed E-state index contributed by atoms with van der Waals surface area (Å²) in [5, 5.41) is 26.1. The second kappa shape index (κ2) is 9.61. The largest absolute Gasteiger partial charge is 0.295 e. The fraction of sp³-hybridized carbons (Fsp3) is 0.235. The first-order valence-electron chi connectivity index (χ1n) is 8.63. The molecule has 0 saturated carbocycles. The van der Waals surface area contributed by atoms with Crippen molar-refractivity contribution in [2.24, 2.45) is 5.10 Å². The molecule has 160 valence electrons. The zero-order valence-corrected chi connectivity index (χ0v) is 17.6. The van der Waals surface area contributed by atoms with Crippen molar-refractivity contribution >= 4 is 44.9 Å². The summed E-state index contributed by atoms with van der Waals surface area (Å²) in [6, 6.07) is 7.44. The van der Waals surface area contributed by atoms with E-state index in [1.54, 1.807) is 13.8 Å². The molecule has 0 radical (unpaired) electrons. The highest BCUT2D eigenvalue weighted by Gasteiger charge is 2.25. The minimum atomic E-state index is -3.87. The van der Waals surface area contributed by atoms with Gasteiger partial charge in [0.15, 0.2) is 0 Å². The van der Waals surface area contributed by atoms with E-state index in [0.717, 1.165) is 6.07 Å². The van der Waals surface area contributed by atoms with Crippen molar-refractivity contribution in [2.45, 2.75) is 18.7 Å². The molecule has 11 nitrogen and oxygen atoms in total. The van der Waals surface area contributed by atoms with E-state index < -0.39 is 25.6 Å². The summed E-state index contributed by atoms with van der Waals surface area (Å²) in [4.78, 5) is 20.8. The van der Waals surface area contributed by atoms with Gasteiger partial charge < -0.3 is 0 Å². The van der Waals surface area contributed by atoms with Crippen molar-refractivity contribution in [2.75, 3.05) is 18.5 Å². The molecule has 0 aromatic heterocycles. The summed E-state index contributed by atoms with van der Waals surface area (Å²) in [6.45, 7) is 3.79. The lowest BCUT2D eigenvalue weighted by atomic mass is 10.2. The average Bonchev–Trinajstić information content (AvgIpc) is 2.69. The molecule has 2 aromatic rings. The maximum Gasteiger partial charge on any atom is 0.295 e. The number of benzene rings is 2. The predicted molar refractivity (Wildman–Crippen MR) is 113 cm³/mol. The molecule has 0 aliphatic heterocycles. The Hall–Kier alpha value is -3.09. The third kappa shape index (κ3) is 5.09. The quantitative estimate of drug-likeness (QED) is 0.344. The van der Waals surface area contributed by atoms with Crippen LogP contribution in [-0.4, -0.2) is 41.9 Å². The van der Waals surface area contributed by atoms with E-state index in [0.29, 0.717) is 5.56 Å². The molecule has 0 aliphatic carbocycles. The van der Waals surface area contributed by atoms with Crippen LogP contribution in [0.25, 0.3) is 0 Å². The Labute approximate surface area is 177 Å². The Morgan fingerprint density at radius 1 is 1.07 bits per heavy atom. The van der Waals surface area contributed by atoms with Crippen LogP contribution in [0.15, 0.2) is 46.4 Å². The number of nitro benzene ring substituents is 2. The van der Waals surface area contributed by atoms with Gasteiger partial charge in [0.1, 0.15) is 10.7 Å². The first-order valence-corrected chi connectivity index (χ1v) is 10.4. The van der Waals surface area contributed by atoms with Crippen LogP contribution in [0.3, 0.4) is 0 Å². The molecule has 0 saturated heterocycles. The van der Waals surface area contributed by atoms with Gasteiger partial charge in [0.2, 0.25) is 10.0 Å². The number of hydrogen-bond acceptors (Lipinski definition) is 8. The van der Waals surface area contributed by atoms with Crippen molar-refractivity contribution in [3.63, 3.8) is 0 Å². The molecular weight excluding hydrogens is 438 g/mol. The Morgan fingerprint density at radius 3 is 2.27 bits per heavy atom. The summed E-state index contributed by atoms with van der Waals surface area (Å²) >= 11 is 5.74. The second-order valence-electron chi connectivity index (χ2n) is 5.86. The first kappa shape index (κ1) is 23.2. The number of hydrazone groups is 1. The smallest absolute Gasteiger partial charge is 0.272 e. The van der Waals surface area contributed by atoms with Crippen LogP contribution in [0.5, 0.6) is 0 Å². The van der Waals surface area contributed by atoms with Crippen molar-refractivity contribution in [1.82, 2.24) is 4.31 Å². The van der Waals surface area contributed by atoms with Crippen molar-refractivity contribution in [1.29, 1.82) is 0 Å². The number of rotatable bonds is 9. The highest BCUT2D eigenvalue weighted by atomic mass is 35.5. The zero-order chi connectivity index (χ0) is 22.5. The van der Waals surface area contributed by atoms with Gasteiger partial charge in [-0.1, -0.05) is 31.5 Å². The van der Waals surface area contributed by atoms with Crippen LogP contribution in [0.4, 0.5) is 17.1 Å². The lowest BCUT2D eigenvalue weighted by Crippen LogP contribution is -2.30. The molecule has 0 bridgehead atoms. The number of halogens is 1. The van der Waals surface area contributed by atoms with Crippen LogP contribution in [0.2, 0.25) is 5.02 Å². The lowest BCUT2D eigenvalue weighted by Gasteiger charge is -2.18.